The fourth-order valence-electron chi connectivity index (χ4n) is 1.18. The van der Waals surface area contributed by atoms with Gasteiger partial charge in [-0.05, 0) is 12.0 Å². The minimum absolute atomic E-state index is 0. The van der Waals surface area contributed by atoms with Gasteiger partial charge in [0.2, 0.25) is 0 Å². The minimum Gasteiger partial charge on any atom is -0.412 e. The Kier molecular flexibility index (Phi) is 5.38. The first kappa shape index (κ1) is 13.1. The molecule has 0 atom stereocenters. The first-order valence-corrected chi connectivity index (χ1v) is 4.68. The van der Waals surface area contributed by atoms with Crippen molar-refractivity contribution in [1.82, 2.24) is 5.43 Å². The zero-order chi connectivity index (χ0) is 9.73. The van der Waals surface area contributed by atoms with E-state index >= 15 is 0 Å². The van der Waals surface area contributed by atoms with Crippen LogP contribution in [0.5, 0.6) is 0 Å². The van der Waals surface area contributed by atoms with E-state index in [1.807, 2.05) is 0 Å². The Morgan fingerprint density at radius 1 is 1.07 bits per heavy atom. The van der Waals surface area contributed by atoms with Gasteiger partial charge in [-0.1, -0.05) is 30.3 Å². The van der Waals surface area contributed by atoms with Crippen molar-refractivity contribution in [3.63, 3.8) is 0 Å². The number of hydrogen-bond acceptors (Lipinski definition) is 1. The van der Waals surface area contributed by atoms with E-state index in [0.717, 1.165) is 17.6 Å². The Labute approximate surface area is 86.2 Å². The van der Waals surface area contributed by atoms with E-state index in [9.17, 15) is 0 Å². The molecule has 0 heterocycles. The summed E-state index contributed by atoms with van der Waals surface area (Å²) in [5, 5.41) is 0. The van der Waals surface area contributed by atoms with Crippen molar-refractivity contribution >= 4 is 0 Å². The largest absolute Gasteiger partial charge is 0.412 e. The Bertz CT molecular complexity index is 241. The van der Waals surface area contributed by atoms with E-state index in [1.165, 1.54) is 5.56 Å². The molecule has 0 aliphatic heterocycles. The molecule has 0 amide bonds. The molecule has 14 heavy (non-hydrogen) atoms. The van der Waals surface area contributed by atoms with Crippen LogP contribution in [0.25, 0.3) is 0 Å². The molecule has 1 aromatic rings. The maximum atomic E-state index is 3.41. The molecule has 1 rings (SSSR count). The summed E-state index contributed by atoms with van der Waals surface area (Å²) in [6.45, 7) is 1.02. The van der Waals surface area contributed by atoms with E-state index in [0.29, 0.717) is 0 Å². The van der Waals surface area contributed by atoms with E-state index in [-0.39, 0.29) is 5.48 Å². The molecular formula is C11H21N2O+. The van der Waals surface area contributed by atoms with E-state index in [1.54, 1.807) is 0 Å². The van der Waals surface area contributed by atoms with Crippen LogP contribution in [0.15, 0.2) is 30.3 Å². The molecule has 0 saturated heterocycles. The molecule has 3 nitrogen and oxygen atoms in total. The van der Waals surface area contributed by atoms with Gasteiger partial charge in [0, 0.05) is 6.54 Å². The normalized spacial score (nSPS) is 10.8. The van der Waals surface area contributed by atoms with E-state index in [2.05, 4.69) is 56.9 Å². The van der Waals surface area contributed by atoms with Crippen molar-refractivity contribution in [1.29, 1.82) is 0 Å². The average Bonchev–Trinajstić information content (AvgIpc) is 2.04. The molecule has 0 aliphatic rings. The summed E-state index contributed by atoms with van der Waals surface area (Å²) in [4.78, 5) is 0. The van der Waals surface area contributed by atoms with Gasteiger partial charge in [0.05, 0.1) is 21.1 Å². The summed E-state index contributed by atoms with van der Waals surface area (Å²) in [5.41, 5.74) is 4.80. The van der Waals surface area contributed by atoms with Crippen LogP contribution in [-0.4, -0.2) is 37.8 Å². The predicted molar refractivity (Wildman–Crippen MR) is 59.8 cm³/mol. The highest BCUT2D eigenvalue weighted by Gasteiger charge is 2.04. The summed E-state index contributed by atoms with van der Waals surface area (Å²) in [5.74, 6) is 0. The van der Waals surface area contributed by atoms with Gasteiger partial charge in [0.1, 0.15) is 0 Å². The SMILES string of the molecule is C[N+](C)(C)NCCc1ccccc1.O. The maximum absolute atomic E-state index is 3.41. The second-order valence-corrected chi connectivity index (χ2v) is 4.16. The molecule has 80 valence electrons. The van der Waals surface area contributed by atoms with Crippen LogP contribution in [0.2, 0.25) is 0 Å². The molecule has 0 bridgehead atoms. The monoisotopic (exact) mass is 197 g/mol. The second-order valence-electron chi connectivity index (χ2n) is 4.16. The number of hydrogen-bond donors (Lipinski definition) is 1. The third kappa shape index (κ3) is 5.70. The van der Waals surface area contributed by atoms with Gasteiger partial charge < -0.3 is 5.48 Å². The van der Waals surface area contributed by atoms with Gasteiger partial charge in [-0.3, -0.25) is 4.59 Å². The highest BCUT2D eigenvalue weighted by Crippen LogP contribution is 1.98. The molecule has 1 aromatic carbocycles. The van der Waals surface area contributed by atoms with Crippen molar-refractivity contribution < 1.29 is 10.1 Å². The molecule has 0 spiro atoms. The third-order valence-electron chi connectivity index (χ3n) is 1.84. The average molecular weight is 197 g/mol. The fraction of sp³-hybridized carbons (Fsp3) is 0.455. The predicted octanol–water partition coefficient (Wildman–Crippen LogP) is 0.615. The Morgan fingerprint density at radius 2 is 1.64 bits per heavy atom. The standard InChI is InChI=1S/C11H19N2.H2O/c1-13(2,3)12-10-9-11-7-5-4-6-8-11;/h4-8,12H,9-10H2,1-3H3;1H2/q+1;. The molecule has 0 radical (unpaired) electrons. The second kappa shape index (κ2) is 5.75. The molecule has 0 unspecified atom stereocenters. The lowest BCUT2D eigenvalue weighted by atomic mass is 10.2. The topological polar surface area (TPSA) is 43.5 Å². The molecular weight excluding hydrogens is 176 g/mol. The zero-order valence-corrected chi connectivity index (χ0v) is 9.25. The fourth-order valence-corrected chi connectivity index (χ4v) is 1.18. The lowest BCUT2D eigenvalue weighted by Gasteiger charge is -2.23. The highest BCUT2D eigenvalue weighted by atomic mass is 16.0. The molecule has 3 heteroatoms. The molecule has 3 N–H and O–H groups in total. The molecule has 0 aromatic heterocycles. The third-order valence-corrected chi connectivity index (χ3v) is 1.84. The first-order valence-electron chi connectivity index (χ1n) is 4.68. The first-order chi connectivity index (χ1) is 6.08. The Morgan fingerprint density at radius 3 is 2.14 bits per heavy atom. The number of quaternary nitrogens is 1. The number of benzene rings is 1. The zero-order valence-electron chi connectivity index (χ0n) is 9.25. The van der Waals surface area contributed by atoms with E-state index in [4.69, 9.17) is 0 Å². The van der Waals surface area contributed by atoms with Crippen molar-refractivity contribution in [2.24, 2.45) is 0 Å². The van der Waals surface area contributed by atoms with Crippen LogP contribution in [0, 0.1) is 0 Å². The maximum Gasteiger partial charge on any atom is 0.0853 e. The number of nitrogens with zero attached hydrogens (tertiary/aromatic N) is 1. The van der Waals surface area contributed by atoms with Gasteiger partial charge in [-0.15, -0.1) is 0 Å². The highest BCUT2D eigenvalue weighted by molar-refractivity contribution is 5.14. The van der Waals surface area contributed by atoms with Crippen LogP contribution in [-0.2, 0) is 6.42 Å². The van der Waals surface area contributed by atoms with Gasteiger partial charge in [-0.25, -0.2) is 0 Å². The molecule has 0 saturated carbocycles. The quantitative estimate of drug-likeness (QED) is 0.558. The summed E-state index contributed by atoms with van der Waals surface area (Å²) >= 11 is 0. The summed E-state index contributed by atoms with van der Waals surface area (Å²) < 4.78 is 0.812. The van der Waals surface area contributed by atoms with Crippen molar-refractivity contribution in [2.45, 2.75) is 6.42 Å². The lowest BCUT2D eigenvalue weighted by molar-refractivity contribution is -0.915. The smallest absolute Gasteiger partial charge is 0.0853 e. The van der Waals surface area contributed by atoms with Gasteiger partial charge in [0.15, 0.2) is 0 Å². The van der Waals surface area contributed by atoms with Gasteiger partial charge in [0.25, 0.3) is 0 Å². The van der Waals surface area contributed by atoms with E-state index < -0.39 is 0 Å². The summed E-state index contributed by atoms with van der Waals surface area (Å²) in [6, 6.07) is 10.5. The lowest BCUT2D eigenvalue weighted by Crippen LogP contribution is -2.48. The van der Waals surface area contributed by atoms with Crippen molar-refractivity contribution in [3.8, 4) is 0 Å². The van der Waals surface area contributed by atoms with Gasteiger partial charge in [-0.2, -0.15) is 5.43 Å². The Hall–Kier alpha value is -0.900. The van der Waals surface area contributed by atoms with Crippen molar-refractivity contribution in [3.05, 3.63) is 35.9 Å². The van der Waals surface area contributed by atoms with Gasteiger partial charge >= 0.3 is 0 Å². The minimum atomic E-state index is 0. The van der Waals surface area contributed by atoms with Crippen LogP contribution < -0.4 is 5.43 Å². The number of rotatable bonds is 4. The molecule has 0 aliphatic carbocycles. The number of nitrogens with one attached hydrogen (secondary N) is 1. The molecule has 0 fully saturated rings. The van der Waals surface area contributed by atoms with Crippen molar-refractivity contribution in [2.75, 3.05) is 27.7 Å². The van der Waals surface area contributed by atoms with Crippen LogP contribution in [0.3, 0.4) is 0 Å². The Balaban J connectivity index is 0.00000169. The summed E-state index contributed by atoms with van der Waals surface area (Å²) in [6.07, 6.45) is 1.09. The van der Waals surface area contributed by atoms with Crippen LogP contribution in [0.1, 0.15) is 5.56 Å². The summed E-state index contributed by atoms with van der Waals surface area (Å²) in [7, 11) is 6.39. The van der Waals surface area contributed by atoms with Crippen LogP contribution in [0.4, 0.5) is 0 Å². The van der Waals surface area contributed by atoms with Crippen LogP contribution >= 0.6 is 0 Å².